The number of hydrogen-bond acceptors (Lipinski definition) is 17. The van der Waals surface area contributed by atoms with Crippen LogP contribution in [0, 0.1) is 46.5 Å². The molecule has 0 radical (unpaired) electrons. The number of ether oxygens (including phenoxy) is 5. The van der Waals surface area contributed by atoms with Crippen molar-refractivity contribution in [3.8, 4) is 0 Å². The van der Waals surface area contributed by atoms with Crippen molar-refractivity contribution in [1.29, 1.82) is 0 Å². The van der Waals surface area contributed by atoms with Gasteiger partial charge in [0.15, 0.2) is 0 Å². The quantitative estimate of drug-likeness (QED) is 0.0860. The van der Waals surface area contributed by atoms with Gasteiger partial charge < -0.3 is 55.7 Å². The van der Waals surface area contributed by atoms with Crippen LogP contribution in [-0.2, 0) is 93.5 Å². The lowest BCUT2D eigenvalue weighted by Crippen LogP contribution is -2.25. The number of esters is 5. The maximum absolute atomic E-state index is 11.5. The van der Waals surface area contributed by atoms with Crippen LogP contribution in [0.2, 0.25) is 0 Å². The molecule has 24 nitrogen and oxygen atoms in total. The Morgan fingerprint density at radius 2 is 0.753 bits per heavy atom. The van der Waals surface area contributed by atoms with Gasteiger partial charge >= 0.3 is 29.8 Å². The molecule has 0 unspecified atom stereocenters. The van der Waals surface area contributed by atoms with E-state index in [1.165, 1.54) is 82.6 Å². The van der Waals surface area contributed by atoms with E-state index in [1.54, 1.807) is 108 Å². The zero-order valence-corrected chi connectivity index (χ0v) is 53.4. The molecule has 0 saturated heterocycles. The molecule has 0 bridgehead atoms. The van der Waals surface area contributed by atoms with Crippen molar-refractivity contribution in [2.75, 3.05) is 35.5 Å². The van der Waals surface area contributed by atoms with Crippen LogP contribution in [0.15, 0.2) is 174 Å². The van der Waals surface area contributed by atoms with Gasteiger partial charge in [0.25, 0.3) is 33.4 Å². The molecule has 0 N–H and O–H groups in total. The average Bonchev–Trinajstić information content (AvgIpc) is 3.72. The number of rotatable bonds is 16. The molecule has 7 heterocycles. The number of aromatic nitrogens is 7. The van der Waals surface area contributed by atoms with Crippen LogP contribution in [-0.4, -0.2) is 97.4 Å². The van der Waals surface area contributed by atoms with Crippen molar-refractivity contribution < 1.29 is 47.7 Å². The fourth-order valence-electron chi connectivity index (χ4n) is 6.99. The minimum absolute atomic E-state index is 0.0258. The highest BCUT2D eigenvalue weighted by Gasteiger charge is 2.08. The van der Waals surface area contributed by atoms with E-state index < -0.39 is 29.8 Å². The van der Waals surface area contributed by atoms with E-state index in [2.05, 4.69) is 51.4 Å². The Balaban J connectivity index is 0.000000519. The summed E-state index contributed by atoms with van der Waals surface area (Å²) < 4.78 is 32.4. The summed E-state index contributed by atoms with van der Waals surface area (Å²) in [4.78, 5) is 133. The first-order valence-electron chi connectivity index (χ1n) is 28.1. The van der Waals surface area contributed by atoms with Gasteiger partial charge in [-0.1, -0.05) is 64.1 Å². The monoisotopic (exact) mass is 1240 g/mol. The zero-order chi connectivity index (χ0) is 67.2. The highest BCUT2D eigenvalue weighted by Crippen LogP contribution is 2.02. The van der Waals surface area contributed by atoms with Gasteiger partial charge in [0.1, 0.15) is 32.7 Å². The Hall–Kier alpha value is -10.0. The molecule has 89 heavy (non-hydrogen) atoms. The van der Waals surface area contributed by atoms with Crippen LogP contribution in [0.4, 0.5) is 0 Å². The molecule has 482 valence electrons. The van der Waals surface area contributed by atoms with Crippen LogP contribution in [0.5, 0.6) is 0 Å². The van der Waals surface area contributed by atoms with Crippen molar-refractivity contribution in [2.24, 2.45) is 11.8 Å². The summed E-state index contributed by atoms with van der Waals surface area (Å²) >= 11 is 0. The third kappa shape index (κ3) is 31.3. The largest absolute Gasteiger partial charge is 0.468 e. The fraction of sp³-hybridized carbons (Fsp3) is 0.385. The number of pyridine rings is 7. The summed E-state index contributed by atoms with van der Waals surface area (Å²) in [6.45, 7) is 19.2. The molecule has 0 saturated carbocycles. The first kappa shape index (κ1) is 77.0. The summed E-state index contributed by atoms with van der Waals surface area (Å²) in [7, 11) is 6.47. The molecule has 0 aliphatic rings. The summed E-state index contributed by atoms with van der Waals surface area (Å²) in [5, 5.41) is 0. The molecular formula is C65H85N7O17. The summed E-state index contributed by atoms with van der Waals surface area (Å²) in [5.74, 6) is -0.824. The van der Waals surface area contributed by atoms with E-state index in [9.17, 15) is 57.5 Å². The van der Waals surface area contributed by atoms with Gasteiger partial charge in [0.2, 0.25) is 5.56 Å². The maximum atomic E-state index is 11.5. The number of carbonyl (C=O) groups is 5. The summed E-state index contributed by atoms with van der Waals surface area (Å²) in [6.07, 6.45) is 12.1. The lowest BCUT2D eigenvalue weighted by molar-refractivity contribution is -0.142. The molecule has 0 fully saturated rings. The van der Waals surface area contributed by atoms with Crippen LogP contribution < -0.4 is 38.9 Å². The summed E-state index contributed by atoms with van der Waals surface area (Å²) in [5.41, 5.74) is 3.30. The number of hydrogen-bond donors (Lipinski definition) is 0. The predicted molar refractivity (Wildman–Crippen MR) is 338 cm³/mol. The minimum Gasteiger partial charge on any atom is -0.468 e. The normalized spacial score (nSPS) is 9.93. The number of carbonyl (C=O) groups excluding carboxylic acids is 5. The first-order valence-corrected chi connectivity index (χ1v) is 28.1. The van der Waals surface area contributed by atoms with E-state index in [0.29, 0.717) is 17.4 Å². The second kappa shape index (κ2) is 41.9. The Morgan fingerprint density at radius 1 is 0.360 bits per heavy atom. The van der Waals surface area contributed by atoms with Crippen LogP contribution >= 0.6 is 0 Å². The van der Waals surface area contributed by atoms with E-state index in [1.807, 2.05) is 51.4 Å². The second-order valence-electron chi connectivity index (χ2n) is 20.4. The molecule has 0 spiro atoms. The Morgan fingerprint density at radius 3 is 1.21 bits per heavy atom. The van der Waals surface area contributed by atoms with Gasteiger partial charge in [-0.3, -0.25) is 57.5 Å². The molecule has 24 heteroatoms. The van der Waals surface area contributed by atoms with E-state index in [-0.39, 0.29) is 71.6 Å². The Labute approximate surface area is 516 Å². The number of methoxy groups -OCH3 is 5. The van der Waals surface area contributed by atoms with Crippen LogP contribution in [0.1, 0.15) is 68.5 Å². The molecular weight excluding hydrogens is 1150 g/mol. The van der Waals surface area contributed by atoms with E-state index >= 15 is 0 Å². The molecule has 0 atom stereocenters. The van der Waals surface area contributed by atoms with Crippen molar-refractivity contribution in [3.05, 3.63) is 241 Å². The Kier molecular flexibility index (Phi) is 36.3. The molecule has 7 aromatic rings. The lowest BCUT2D eigenvalue weighted by atomic mass is 10.1. The number of aryl methyl sites for hydroxylation is 7. The third-order valence-electron chi connectivity index (χ3n) is 12.3. The van der Waals surface area contributed by atoms with Crippen molar-refractivity contribution >= 4 is 29.8 Å². The maximum Gasteiger partial charge on any atom is 0.325 e. The molecule has 0 amide bonds. The van der Waals surface area contributed by atoms with Crippen LogP contribution in [0.3, 0.4) is 0 Å². The second-order valence-corrected chi connectivity index (χ2v) is 20.4. The molecule has 0 aliphatic heterocycles. The predicted octanol–water partition coefficient (Wildman–Crippen LogP) is 5.44. The van der Waals surface area contributed by atoms with Gasteiger partial charge in [-0.15, -0.1) is 0 Å². The average molecular weight is 1240 g/mol. The SMILES string of the molecule is CC(C)CCn1ccccc1=O.COC(=O)Cn1c(C)cccc1=O.COC(=O)Cn1cc(C)ccc1=O.COC(=O)Cn1ccc(C)cc1=O.COC(=O)Cn1cccc(C)c1=O.COC(=O)Cn1ccccc1=O.Cc1cccn(CCC(C)C)c1=O. The molecule has 0 aromatic carbocycles. The van der Waals surface area contributed by atoms with E-state index in [4.69, 9.17) is 0 Å². The van der Waals surface area contributed by atoms with Gasteiger partial charge in [-0.2, -0.15) is 0 Å². The van der Waals surface area contributed by atoms with Gasteiger partial charge in [0.05, 0.1) is 35.5 Å². The fourth-order valence-corrected chi connectivity index (χ4v) is 6.99. The standard InChI is InChI=1S/C11H17NO.C10H15NO.4C9H11NO3.C8H9NO3/c1-9(2)6-8-12-7-4-5-10(3)11(12)13;1-9(2)6-8-11-7-4-3-5-10(11)12;1-7-3-4-10(8(11)5-7)6-9(12)13-2;1-7-3-4-8(11)10(5-7)6-9(12)13-2;1-7-4-3-5-10(9(7)12)6-8(11)13-2;1-7-4-3-5-8(11)10(7)6-9(12)13-2;1-12-8(11)6-9-5-3-2-4-7(9)10/h4-5,7,9H,6,8H2,1-3H3;3-5,7,9H,6,8H2,1-2H3;4*3-5H,6H2,1-2H3;2-5H,6H2,1H3. The highest BCUT2D eigenvalue weighted by atomic mass is 16.5. The first-order chi connectivity index (χ1) is 42.1. The summed E-state index contributed by atoms with van der Waals surface area (Å²) in [6, 6.07) is 28.4. The lowest BCUT2D eigenvalue weighted by Gasteiger charge is -2.07. The van der Waals surface area contributed by atoms with Crippen molar-refractivity contribution in [1.82, 2.24) is 32.0 Å². The molecule has 7 rings (SSSR count). The zero-order valence-electron chi connectivity index (χ0n) is 53.4. The topological polar surface area (TPSA) is 286 Å². The van der Waals surface area contributed by atoms with Crippen LogP contribution in [0.25, 0.3) is 0 Å². The Bertz CT molecular complexity index is 3770. The van der Waals surface area contributed by atoms with Crippen molar-refractivity contribution in [2.45, 2.75) is 121 Å². The van der Waals surface area contributed by atoms with E-state index in [0.717, 1.165) is 48.3 Å². The number of nitrogens with zero attached hydrogens (tertiary/aromatic N) is 7. The molecule has 0 aliphatic carbocycles. The van der Waals surface area contributed by atoms with Gasteiger partial charge in [-0.25, -0.2) is 0 Å². The third-order valence-corrected chi connectivity index (χ3v) is 12.3. The minimum atomic E-state index is -0.428. The van der Waals surface area contributed by atoms with Gasteiger partial charge in [0, 0.05) is 97.4 Å². The molecule has 7 aromatic heterocycles. The highest BCUT2D eigenvalue weighted by molar-refractivity contribution is 5.70. The van der Waals surface area contributed by atoms with Crippen molar-refractivity contribution in [3.63, 3.8) is 0 Å². The van der Waals surface area contributed by atoms with Gasteiger partial charge in [-0.05, 0) is 107 Å². The smallest absolute Gasteiger partial charge is 0.325 e.